The van der Waals surface area contributed by atoms with Gasteiger partial charge in [-0.1, -0.05) is 39.8 Å². The number of esters is 1. The Labute approximate surface area is 109 Å². The van der Waals surface area contributed by atoms with E-state index in [0.29, 0.717) is 17.4 Å². The van der Waals surface area contributed by atoms with Gasteiger partial charge in [-0.3, -0.25) is 4.79 Å². The van der Waals surface area contributed by atoms with Gasteiger partial charge in [-0.2, -0.15) is 0 Å². The first kappa shape index (κ1) is 14.6. The molecule has 0 radical (unpaired) electrons. The lowest BCUT2D eigenvalue weighted by Crippen LogP contribution is -2.16. The van der Waals surface area contributed by atoms with Crippen molar-refractivity contribution in [2.24, 2.45) is 5.92 Å². The summed E-state index contributed by atoms with van der Waals surface area (Å²) in [6.07, 6.45) is 0. The minimum absolute atomic E-state index is 0.156. The number of hydrogen-bond acceptors (Lipinski definition) is 3. The van der Waals surface area contributed by atoms with Crippen LogP contribution in [0.4, 0.5) is 0 Å². The molecule has 0 unspecified atom stereocenters. The molecule has 3 nitrogen and oxygen atoms in total. The molecule has 0 saturated carbocycles. The molecular formula is C15H22O3. The van der Waals surface area contributed by atoms with Gasteiger partial charge in [-0.05, 0) is 18.4 Å². The molecule has 0 bridgehead atoms. The van der Waals surface area contributed by atoms with Gasteiger partial charge < -0.3 is 9.47 Å². The predicted molar refractivity (Wildman–Crippen MR) is 72.3 cm³/mol. The third-order valence-corrected chi connectivity index (χ3v) is 2.84. The van der Waals surface area contributed by atoms with E-state index in [-0.39, 0.29) is 11.9 Å². The fourth-order valence-corrected chi connectivity index (χ4v) is 1.69. The van der Waals surface area contributed by atoms with Crippen LogP contribution in [0.3, 0.4) is 0 Å². The zero-order valence-corrected chi connectivity index (χ0v) is 12.0. The molecule has 1 aromatic carbocycles. The smallest absolute Gasteiger partial charge is 0.313 e. The van der Waals surface area contributed by atoms with Gasteiger partial charge in [0.1, 0.15) is 0 Å². The number of rotatable bonds is 4. The lowest BCUT2D eigenvalue weighted by Gasteiger charge is -2.18. The summed E-state index contributed by atoms with van der Waals surface area (Å²) >= 11 is 0. The molecule has 0 atom stereocenters. The zero-order valence-electron chi connectivity index (χ0n) is 12.0. The molecule has 1 rings (SSSR count). The van der Waals surface area contributed by atoms with Crippen molar-refractivity contribution in [1.29, 1.82) is 0 Å². The van der Waals surface area contributed by atoms with Crippen LogP contribution in [0.15, 0.2) is 12.1 Å². The second-order valence-corrected chi connectivity index (χ2v) is 5.06. The van der Waals surface area contributed by atoms with Crippen molar-refractivity contribution >= 4 is 5.97 Å². The highest BCUT2D eigenvalue weighted by Crippen LogP contribution is 2.38. The van der Waals surface area contributed by atoms with Gasteiger partial charge in [0.15, 0.2) is 11.5 Å². The molecular weight excluding hydrogens is 228 g/mol. The van der Waals surface area contributed by atoms with Gasteiger partial charge in [0.25, 0.3) is 0 Å². The van der Waals surface area contributed by atoms with Crippen molar-refractivity contribution in [2.75, 3.05) is 7.11 Å². The molecule has 100 valence electrons. The minimum Gasteiger partial charge on any atom is -0.493 e. The molecule has 0 aliphatic rings. The summed E-state index contributed by atoms with van der Waals surface area (Å²) in [5.74, 6) is 1.13. The molecule has 0 fully saturated rings. The molecule has 0 heterocycles. The number of carbonyl (C=O) groups excluding carboxylic acids is 1. The van der Waals surface area contributed by atoms with Crippen molar-refractivity contribution < 1.29 is 14.3 Å². The third kappa shape index (κ3) is 3.03. The predicted octanol–water partition coefficient (Wildman–Crippen LogP) is 3.69. The number of aryl methyl sites for hydroxylation is 1. The van der Waals surface area contributed by atoms with Gasteiger partial charge >= 0.3 is 5.97 Å². The first-order valence-electron chi connectivity index (χ1n) is 6.27. The van der Waals surface area contributed by atoms with Crippen molar-refractivity contribution in [1.82, 2.24) is 0 Å². The monoisotopic (exact) mass is 250 g/mol. The fourth-order valence-electron chi connectivity index (χ4n) is 1.69. The SMILES string of the molecule is COc1c(C(C)C)ccc(C)c1OC(=O)C(C)C. The number of carbonyl (C=O) groups is 1. The quantitative estimate of drug-likeness (QED) is 0.604. The first-order chi connectivity index (χ1) is 8.38. The van der Waals surface area contributed by atoms with Gasteiger partial charge in [0, 0.05) is 5.56 Å². The Bertz CT molecular complexity index is 434. The van der Waals surface area contributed by atoms with Crippen molar-refractivity contribution in [3.63, 3.8) is 0 Å². The molecule has 0 amide bonds. The van der Waals surface area contributed by atoms with Crippen LogP contribution in [0, 0.1) is 12.8 Å². The Morgan fingerprint density at radius 3 is 2.17 bits per heavy atom. The lowest BCUT2D eigenvalue weighted by atomic mass is 9.99. The second kappa shape index (κ2) is 5.89. The van der Waals surface area contributed by atoms with Gasteiger partial charge in [-0.15, -0.1) is 0 Å². The van der Waals surface area contributed by atoms with E-state index >= 15 is 0 Å². The van der Waals surface area contributed by atoms with Gasteiger partial charge in [0.2, 0.25) is 0 Å². The van der Waals surface area contributed by atoms with Crippen molar-refractivity contribution in [2.45, 2.75) is 40.5 Å². The maximum absolute atomic E-state index is 11.7. The van der Waals surface area contributed by atoms with Crippen molar-refractivity contribution in [3.8, 4) is 11.5 Å². The number of benzene rings is 1. The van der Waals surface area contributed by atoms with Gasteiger partial charge in [0.05, 0.1) is 13.0 Å². The first-order valence-corrected chi connectivity index (χ1v) is 6.27. The van der Waals surface area contributed by atoms with E-state index in [1.165, 1.54) is 0 Å². The zero-order chi connectivity index (χ0) is 13.9. The van der Waals surface area contributed by atoms with Crippen LogP contribution in [0.2, 0.25) is 0 Å². The van der Waals surface area contributed by atoms with Crippen LogP contribution in [0.1, 0.15) is 44.7 Å². The Hall–Kier alpha value is -1.51. The summed E-state index contributed by atoms with van der Waals surface area (Å²) < 4.78 is 10.9. The van der Waals surface area contributed by atoms with Crippen LogP contribution >= 0.6 is 0 Å². The van der Waals surface area contributed by atoms with E-state index in [9.17, 15) is 4.79 Å². The summed E-state index contributed by atoms with van der Waals surface area (Å²) in [7, 11) is 1.60. The van der Waals surface area contributed by atoms with E-state index in [0.717, 1.165) is 11.1 Å². The highest BCUT2D eigenvalue weighted by Gasteiger charge is 2.19. The maximum atomic E-state index is 11.7. The largest absolute Gasteiger partial charge is 0.493 e. The molecule has 0 aromatic heterocycles. The van der Waals surface area contributed by atoms with Crippen LogP contribution in [-0.2, 0) is 4.79 Å². The standard InChI is InChI=1S/C15H22O3/c1-9(2)12-8-7-11(5)13(14(12)17-6)18-15(16)10(3)4/h7-10H,1-6H3. The molecule has 3 heteroatoms. The highest BCUT2D eigenvalue weighted by atomic mass is 16.6. The van der Waals surface area contributed by atoms with Crippen LogP contribution < -0.4 is 9.47 Å². The highest BCUT2D eigenvalue weighted by molar-refractivity contribution is 5.76. The van der Waals surface area contributed by atoms with E-state index in [1.807, 2.05) is 32.9 Å². The molecule has 1 aromatic rings. The summed E-state index contributed by atoms with van der Waals surface area (Å²) in [5, 5.41) is 0. The average Bonchev–Trinajstić information content (AvgIpc) is 2.30. The Morgan fingerprint density at radius 1 is 1.11 bits per heavy atom. The number of ether oxygens (including phenoxy) is 2. The lowest BCUT2D eigenvalue weighted by molar-refractivity contribution is -0.137. The summed E-state index contributed by atoms with van der Waals surface area (Å²) in [6.45, 7) is 9.71. The Kier molecular flexibility index (Phi) is 4.76. The summed E-state index contributed by atoms with van der Waals surface area (Å²) in [4.78, 5) is 11.7. The van der Waals surface area contributed by atoms with Crippen molar-refractivity contribution in [3.05, 3.63) is 23.3 Å². The second-order valence-electron chi connectivity index (χ2n) is 5.06. The molecule has 0 N–H and O–H groups in total. The Morgan fingerprint density at radius 2 is 1.72 bits per heavy atom. The van der Waals surface area contributed by atoms with E-state index in [4.69, 9.17) is 9.47 Å². The molecule has 0 saturated heterocycles. The molecule has 0 aliphatic carbocycles. The Balaban J connectivity index is 3.24. The van der Waals surface area contributed by atoms with Crippen LogP contribution in [0.25, 0.3) is 0 Å². The topological polar surface area (TPSA) is 35.5 Å². The maximum Gasteiger partial charge on any atom is 0.313 e. The normalized spacial score (nSPS) is 10.9. The third-order valence-electron chi connectivity index (χ3n) is 2.84. The van der Waals surface area contributed by atoms with Gasteiger partial charge in [-0.25, -0.2) is 0 Å². The summed E-state index contributed by atoms with van der Waals surface area (Å²) in [6, 6.07) is 3.98. The van der Waals surface area contributed by atoms with Crippen LogP contribution in [-0.4, -0.2) is 13.1 Å². The average molecular weight is 250 g/mol. The van der Waals surface area contributed by atoms with E-state index in [2.05, 4.69) is 13.8 Å². The molecule has 0 spiro atoms. The van der Waals surface area contributed by atoms with Crippen LogP contribution in [0.5, 0.6) is 11.5 Å². The molecule has 0 aliphatic heterocycles. The fraction of sp³-hybridized carbons (Fsp3) is 0.533. The van der Waals surface area contributed by atoms with E-state index < -0.39 is 0 Å². The number of methoxy groups -OCH3 is 1. The number of hydrogen-bond donors (Lipinski definition) is 0. The van der Waals surface area contributed by atoms with E-state index in [1.54, 1.807) is 7.11 Å². The minimum atomic E-state index is -0.239. The molecule has 18 heavy (non-hydrogen) atoms. The summed E-state index contributed by atoms with van der Waals surface area (Å²) in [5.41, 5.74) is 1.96.